The van der Waals surface area contributed by atoms with Crippen LogP contribution >= 0.6 is 0 Å². The molecule has 2 amide bonds. The number of benzene rings is 2. The van der Waals surface area contributed by atoms with E-state index in [1.807, 2.05) is 0 Å². The number of aryl methyl sites for hydroxylation is 1. The molecule has 160 valence electrons. The molecule has 2 aromatic carbocycles. The largest absolute Gasteiger partial charge is 0.573 e. The van der Waals surface area contributed by atoms with Crippen molar-refractivity contribution in [3.63, 3.8) is 0 Å². The second kappa shape index (κ2) is 8.01. The van der Waals surface area contributed by atoms with Crippen LogP contribution in [0.15, 0.2) is 42.5 Å². The summed E-state index contributed by atoms with van der Waals surface area (Å²) in [6.07, 6.45) is -3.60. The number of fused-ring (bicyclic) bond motifs is 1. The number of halogens is 3. The van der Waals surface area contributed by atoms with Gasteiger partial charge in [0.2, 0.25) is 5.91 Å². The van der Waals surface area contributed by atoms with Gasteiger partial charge in [-0.2, -0.15) is 0 Å². The maximum atomic E-state index is 13.1. The summed E-state index contributed by atoms with van der Waals surface area (Å²) in [4.78, 5) is 26.9. The summed E-state index contributed by atoms with van der Waals surface area (Å²) >= 11 is 0. The number of hydrogen-bond acceptors (Lipinski definition) is 3. The number of anilines is 2. The predicted octanol–water partition coefficient (Wildman–Crippen LogP) is 5.16. The second-order valence-corrected chi connectivity index (χ2v) is 8.18. The number of amides is 2. The minimum absolute atomic E-state index is 0.174. The van der Waals surface area contributed by atoms with Gasteiger partial charge in [-0.3, -0.25) is 9.59 Å². The van der Waals surface area contributed by atoms with Crippen molar-refractivity contribution in [2.45, 2.75) is 40.0 Å². The zero-order chi connectivity index (χ0) is 22.1. The Labute approximate surface area is 172 Å². The summed E-state index contributed by atoms with van der Waals surface area (Å²) in [5, 5.41) is 2.80. The molecule has 0 saturated heterocycles. The van der Waals surface area contributed by atoms with Crippen LogP contribution in [0.3, 0.4) is 0 Å². The highest BCUT2D eigenvalue weighted by molar-refractivity contribution is 6.07. The Morgan fingerprint density at radius 3 is 2.47 bits per heavy atom. The summed E-state index contributed by atoms with van der Waals surface area (Å²) in [5.41, 5.74) is 1.48. The molecular formula is C22H23F3N2O3. The van der Waals surface area contributed by atoms with Gasteiger partial charge in [-0.15, -0.1) is 13.2 Å². The van der Waals surface area contributed by atoms with Crippen LogP contribution in [0.1, 0.15) is 43.1 Å². The normalized spacial score (nSPS) is 14.1. The molecule has 0 spiro atoms. The molecule has 1 aliphatic rings. The van der Waals surface area contributed by atoms with Gasteiger partial charge < -0.3 is 15.0 Å². The fourth-order valence-corrected chi connectivity index (χ4v) is 3.19. The van der Waals surface area contributed by atoms with E-state index in [9.17, 15) is 22.8 Å². The number of alkyl halides is 3. The third kappa shape index (κ3) is 5.11. The van der Waals surface area contributed by atoms with Crippen LogP contribution in [0, 0.1) is 5.41 Å². The van der Waals surface area contributed by atoms with Crippen LogP contribution in [-0.4, -0.2) is 24.7 Å². The SMILES string of the molecule is CC(C)(C)C(=O)Nc1cccc(C(=O)N2CCCc3cc(OC(F)(F)F)ccc32)c1. The molecule has 0 aliphatic carbocycles. The van der Waals surface area contributed by atoms with E-state index in [-0.39, 0.29) is 17.6 Å². The lowest BCUT2D eigenvalue weighted by molar-refractivity contribution is -0.274. The molecule has 1 heterocycles. The number of nitrogens with zero attached hydrogens (tertiary/aromatic N) is 1. The summed E-state index contributed by atoms with van der Waals surface area (Å²) in [6, 6.07) is 10.6. The van der Waals surface area contributed by atoms with Crippen LogP contribution < -0.4 is 15.0 Å². The van der Waals surface area contributed by atoms with Gasteiger partial charge in [0.05, 0.1) is 0 Å². The quantitative estimate of drug-likeness (QED) is 0.746. The highest BCUT2D eigenvalue weighted by Crippen LogP contribution is 2.33. The third-order valence-corrected chi connectivity index (χ3v) is 4.70. The summed E-state index contributed by atoms with van der Waals surface area (Å²) in [7, 11) is 0. The van der Waals surface area contributed by atoms with Gasteiger partial charge in [-0.1, -0.05) is 26.8 Å². The van der Waals surface area contributed by atoms with Crippen molar-refractivity contribution in [3.8, 4) is 5.75 Å². The Morgan fingerprint density at radius 1 is 1.07 bits per heavy atom. The molecule has 0 radical (unpaired) electrons. The van der Waals surface area contributed by atoms with Gasteiger partial charge in [0.1, 0.15) is 5.75 Å². The first-order valence-corrected chi connectivity index (χ1v) is 9.56. The minimum Gasteiger partial charge on any atom is -0.406 e. The zero-order valence-electron chi connectivity index (χ0n) is 17.0. The highest BCUT2D eigenvalue weighted by atomic mass is 19.4. The van der Waals surface area contributed by atoms with Gasteiger partial charge in [-0.05, 0) is 54.8 Å². The lowest BCUT2D eigenvalue weighted by atomic mass is 9.95. The predicted molar refractivity (Wildman–Crippen MR) is 108 cm³/mol. The smallest absolute Gasteiger partial charge is 0.406 e. The monoisotopic (exact) mass is 420 g/mol. The lowest BCUT2D eigenvalue weighted by Gasteiger charge is -2.30. The van der Waals surface area contributed by atoms with E-state index in [1.54, 1.807) is 49.9 Å². The van der Waals surface area contributed by atoms with Crippen LogP contribution in [0.4, 0.5) is 24.5 Å². The van der Waals surface area contributed by atoms with E-state index in [2.05, 4.69) is 10.1 Å². The molecule has 0 aromatic heterocycles. The maximum absolute atomic E-state index is 13.1. The van der Waals surface area contributed by atoms with Gasteiger partial charge in [0.25, 0.3) is 5.91 Å². The van der Waals surface area contributed by atoms with E-state index in [0.717, 1.165) is 0 Å². The Morgan fingerprint density at radius 2 is 1.80 bits per heavy atom. The van der Waals surface area contributed by atoms with Gasteiger partial charge >= 0.3 is 6.36 Å². The van der Waals surface area contributed by atoms with Crippen molar-refractivity contribution in [2.75, 3.05) is 16.8 Å². The number of carbonyl (C=O) groups excluding carboxylic acids is 2. The van der Waals surface area contributed by atoms with Crippen molar-refractivity contribution >= 4 is 23.2 Å². The molecule has 2 aromatic rings. The second-order valence-electron chi connectivity index (χ2n) is 8.18. The molecule has 3 rings (SSSR count). The number of ether oxygens (including phenoxy) is 1. The number of rotatable bonds is 3. The molecule has 0 saturated carbocycles. The molecule has 0 unspecified atom stereocenters. The average molecular weight is 420 g/mol. The molecule has 1 aliphatic heterocycles. The zero-order valence-corrected chi connectivity index (χ0v) is 17.0. The summed E-state index contributed by atoms with van der Waals surface area (Å²) < 4.78 is 41.4. The first-order valence-electron chi connectivity index (χ1n) is 9.56. The first-order chi connectivity index (χ1) is 13.9. The van der Waals surface area contributed by atoms with Gasteiger partial charge in [0.15, 0.2) is 0 Å². The molecule has 8 heteroatoms. The Kier molecular flexibility index (Phi) is 5.78. The standard InChI is InChI=1S/C22H23F3N2O3/c1-21(2,3)20(29)26-16-8-4-6-15(12-16)19(28)27-11-5-7-14-13-17(9-10-18(14)27)30-22(23,24)25/h4,6,8-10,12-13H,5,7,11H2,1-3H3,(H,26,29). The van der Waals surface area contributed by atoms with Crippen LogP contribution in [0.5, 0.6) is 5.75 Å². The van der Waals surface area contributed by atoms with E-state index in [4.69, 9.17) is 0 Å². The topological polar surface area (TPSA) is 58.6 Å². The lowest BCUT2D eigenvalue weighted by Crippen LogP contribution is -2.35. The van der Waals surface area contributed by atoms with Crippen LogP contribution in [0.25, 0.3) is 0 Å². The maximum Gasteiger partial charge on any atom is 0.573 e. The molecule has 0 bridgehead atoms. The van der Waals surface area contributed by atoms with E-state index >= 15 is 0 Å². The molecular weight excluding hydrogens is 397 g/mol. The Hall–Kier alpha value is -3.03. The Balaban J connectivity index is 1.83. The summed E-state index contributed by atoms with van der Waals surface area (Å²) in [6.45, 7) is 5.82. The number of nitrogens with one attached hydrogen (secondary N) is 1. The minimum atomic E-state index is -4.77. The van der Waals surface area contributed by atoms with Crippen molar-refractivity contribution in [1.29, 1.82) is 0 Å². The van der Waals surface area contributed by atoms with Crippen molar-refractivity contribution in [2.24, 2.45) is 5.41 Å². The fourth-order valence-electron chi connectivity index (χ4n) is 3.19. The molecule has 1 N–H and O–H groups in total. The average Bonchev–Trinajstić information content (AvgIpc) is 2.65. The van der Waals surface area contributed by atoms with E-state index in [1.165, 1.54) is 18.2 Å². The van der Waals surface area contributed by atoms with Crippen LogP contribution in [-0.2, 0) is 11.2 Å². The molecule has 0 atom stereocenters. The Bertz CT molecular complexity index is 965. The summed E-state index contributed by atoms with van der Waals surface area (Å²) in [5.74, 6) is -0.762. The molecule has 0 fully saturated rings. The van der Waals surface area contributed by atoms with Crippen molar-refractivity contribution in [1.82, 2.24) is 0 Å². The fraction of sp³-hybridized carbons (Fsp3) is 0.364. The van der Waals surface area contributed by atoms with E-state index in [0.29, 0.717) is 41.9 Å². The molecule has 30 heavy (non-hydrogen) atoms. The number of carbonyl (C=O) groups is 2. The van der Waals surface area contributed by atoms with Gasteiger partial charge in [0, 0.05) is 28.9 Å². The number of hydrogen-bond donors (Lipinski definition) is 1. The van der Waals surface area contributed by atoms with Crippen molar-refractivity contribution < 1.29 is 27.5 Å². The van der Waals surface area contributed by atoms with E-state index < -0.39 is 11.8 Å². The molecule has 5 nitrogen and oxygen atoms in total. The first kappa shape index (κ1) is 21.7. The highest BCUT2D eigenvalue weighted by Gasteiger charge is 2.32. The van der Waals surface area contributed by atoms with Crippen LogP contribution in [0.2, 0.25) is 0 Å². The van der Waals surface area contributed by atoms with Crippen molar-refractivity contribution in [3.05, 3.63) is 53.6 Å². The third-order valence-electron chi connectivity index (χ3n) is 4.70. The van der Waals surface area contributed by atoms with Gasteiger partial charge in [-0.25, -0.2) is 0 Å².